The molecule has 1 fully saturated rings. The van der Waals surface area contributed by atoms with Crippen LogP contribution in [0.4, 0.5) is 14.5 Å². The highest BCUT2D eigenvalue weighted by molar-refractivity contribution is 6.07. The van der Waals surface area contributed by atoms with Gasteiger partial charge in [-0.2, -0.15) is 0 Å². The van der Waals surface area contributed by atoms with Crippen molar-refractivity contribution in [3.8, 4) is 0 Å². The zero-order valence-electron chi connectivity index (χ0n) is 15.9. The number of carbonyl (C=O) groups is 4. The third-order valence-corrected chi connectivity index (χ3v) is 5.19. The summed E-state index contributed by atoms with van der Waals surface area (Å²) in [6.07, 6.45) is 4.63. The maximum Gasteiger partial charge on any atom is 0.244 e. The largest absolute Gasteiger partial charge is 0.332 e. The van der Waals surface area contributed by atoms with E-state index in [9.17, 15) is 28.0 Å². The van der Waals surface area contributed by atoms with E-state index in [0.29, 0.717) is 12.8 Å². The first-order valence-corrected chi connectivity index (χ1v) is 9.35. The molecule has 154 valence electrons. The van der Waals surface area contributed by atoms with E-state index in [1.165, 1.54) is 6.07 Å². The van der Waals surface area contributed by atoms with Gasteiger partial charge in [0.1, 0.15) is 23.9 Å². The van der Waals surface area contributed by atoms with E-state index in [4.69, 9.17) is 0 Å². The van der Waals surface area contributed by atoms with Gasteiger partial charge in [-0.05, 0) is 31.9 Å². The molecular weight excluding hydrogens is 384 g/mol. The summed E-state index contributed by atoms with van der Waals surface area (Å²) in [7, 11) is 0. The van der Waals surface area contributed by atoms with Crippen molar-refractivity contribution in [1.29, 1.82) is 0 Å². The van der Waals surface area contributed by atoms with Gasteiger partial charge in [0.15, 0.2) is 0 Å². The molecule has 4 amide bonds. The first-order valence-electron chi connectivity index (χ1n) is 9.35. The minimum absolute atomic E-state index is 0.122. The van der Waals surface area contributed by atoms with Crippen molar-refractivity contribution in [2.45, 2.75) is 19.8 Å². The lowest BCUT2D eigenvalue weighted by atomic mass is 9.85. The van der Waals surface area contributed by atoms with E-state index in [1.54, 1.807) is 6.92 Å². The Balaban J connectivity index is 1.63. The summed E-state index contributed by atoms with van der Waals surface area (Å²) in [5.41, 5.74) is -0.595. The van der Waals surface area contributed by atoms with Crippen molar-refractivity contribution in [3.05, 3.63) is 42.0 Å². The number of nitrogens with zero attached hydrogens (tertiary/aromatic N) is 2. The van der Waals surface area contributed by atoms with Crippen molar-refractivity contribution in [2.75, 3.05) is 25.0 Å². The van der Waals surface area contributed by atoms with Gasteiger partial charge < -0.3 is 10.2 Å². The molecule has 1 saturated heterocycles. The summed E-state index contributed by atoms with van der Waals surface area (Å²) in [6.45, 7) is 0.816. The molecular formula is C20H21F2N3O4. The van der Waals surface area contributed by atoms with Gasteiger partial charge in [-0.1, -0.05) is 18.2 Å². The van der Waals surface area contributed by atoms with Gasteiger partial charge in [0.05, 0.1) is 18.4 Å². The van der Waals surface area contributed by atoms with E-state index in [-0.39, 0.29) is 18.4 Å². The zero-order chi connectivity index (χ0) is 21.1. The summed E-state index contributed by atoms with van der Waals surface area (Å²) >= 11 is 0. The molecule has 0 spiro atoms. The van der Waals surface area contributed by atoms with Crippen LogP contribution in [0.3, 0.4) is 0 Å². The van der Waals surface area contributed by atoms with Gasteiger partial charge in [0.2, 0.25) is 23.6 Å². The van der Waals surface area contributed by atoms with Crippen LogP contribution < -0.4 is 5.32 Å². The van der Waals surface area contributed by atoms with Crippen LogP contribution in [0, 0.1) is 23.5 Å². The summed E-state index contributed by atoms with van der Waals surface area (Å²) < 4.78 is 27.3. The second kappa shape index (κ2) is 8.50. The second-order valence-electron chi connectivity index (χ2n) is 6.97. The number of likely N-dealkylation sites (N-methyl/N-ethyl adjacent to an activating group) is 1. The number of fused-ring (bicyclic) bond motifs is 1. The highest BCUT2D eigenvalue weighted by atomic mass is 19.1. The highest BCUT2D eigenvalue weighted by Crippen LogP contribution is 2.34. The third-order valence-electron chi connectivity index (χ3n) is 5.19. The molecule has 1 heterocycles. The molecule has 1 N–H and O–H groups in total. The van der Waals surface area contributed by atoms with Crippen LogP contribution in [0.25, 0.3) is 0 Å². The molecule has 0 bridgehead atoms. The number of anilines is 1. The monoisotopic (exact) mass is 405 g/mol. The van der Waals surface area contributed by atoms with Gasteiger partial charge in [-0.3, -0.25) is 24.1 Å². The first-order chi connectivity index (χ1) is 13.8. The Morgan fingerprint density at radius 2 is 1.66 bits per heavy atom. The van der Waals surface area contributed by atoms with E-state index >= 15 is 0 Å². The molecule has 2 aliphatic rings. The third kappa shape index (κ3) is 4.18. The lowest BCUT2D eigenvalue weighted by Crippen LogP contribution is -2.45. The number of carbonyl (C=O) groups excluding carboxylic acids is 4. The molecule has 0 radical (unpaired) electrons. The fourth-order valence-corrected chi connectivity index (χ4v) is 3.61. The average Bonchev–Trinajstić information content (AvgIpc) is 2.94. The topological polar surface area (TPSA) is 86.8 Å². The molecule has 3 rings (SSSR count). The highest BCUT2D eigenvalue weighted by Gasteiger charge is 2.47. The summed E-state index contributed by atoms with van der Waals surface area (Å²) in [6, 6.07) is 3.17. The van der Waals surface area contributed by atoms with Crippen molar-refractivity contribution in [1.82, 2.24) is 9.80 Å². The summed E-state index contributed by atoms with van der Waals surface area (Å²) in [4.78, 5) is 51.8. The summed E-state index contributed by atoms with van der Waals surface area (Å²) in [5.74, 6) is -4.90. The number of halogens is 2. The number of hydrogen-bond donors (Lipinski definition) is 1. The van der Waals surface area contributed by atoms with Crippen LogP contribution in [0.15, 0.2) is 30.4 Å². The first kappa shape index (κ1) is 20.6. The van der Waals surface area contributed by atoms with E-state index in [1.807, 2.05) is 12.2 Å². The maximum atomic E-state index is 13.7. The molecule has 9 heteroatoms. The van der Waals surface area contributed by atoms with E-state index in [0.717, 1.165) is 21.9 Å². The molecule has 1 aromatic carbocycles. The number of para-hydroxylation sites is 1. The van der Waals surface area contributed by atoms with Gasteiger partial charge in [0, 0.05) is 6.54 Å². The van der Waals surface area contributed by atoms with Gasteiger partial charge in [0.25, 0.3) is 0 Å². The quantitative estimate of drug-likeness (QED) is 0.577. The minimum atomic E-state index is -0.933. The van der Waals surface area contributed by atoms with Crippen LogP contribution in [0.1, 0.15) is 19.8 Å². The lowest BCUT2D eigenvalue weighted by Gasteiger charge is -2.23. The Morgan fingerprint density at radius 3 is 2.17 bits per heavy atom. The number of hydrogen-bond acceptors (Lipinski definition) is 4. The van der Waals surface area contributed by atoms with Gasteiger partial charge >= 0.3 is 0 Å². The minimum Gasteiger partial charge on any atom is -0.332 e. The number of allylic oxidation sites excluding steroid dienone is 2. The SMILES string of the molecule is CCN(CC(=O)Nc1c(F)cccc1F)C(=O)CN1C(=O)[C@H]2CC=CC[C@@H]2C1=O. The van der Waals surface area contributed by atoms with Crippen LogP contribution in [-0.4, -0.2) is 53.1 Å². The van der Waals surface area contributed by atoms with Crippen molar-refractivity contribution in [3.63, 3.8) is 0 Å². The molecule has 1 aliphatic heterocycles. The predicted molar refractivity (Wildman–Crippen MR) is 99.3 cm³/mol. The van der Waals surface area contributed by atoms with Gasteiger partial charge in [-0.15, -0.1) is 0 Å². The summed E-state index contributed by atoms with van der Waals surface area (Å²) in [5, 5.41) is 2.11. The van der Waals surface area contributed by atoms with Crippen LogP contribution >= 0.6 is 0 Å². The predicted octanol–water partition coefficient (Wildman–Crippen LogP) is 1.70. The maximum absolute atomic E-state index is 13.7. The Bertz CT molecular complexity index is 840. The van der Waals surface area contributed by atoms with Crippen LogP contribution in [-0.2, 0) is 19.2 Å². The smallest absolute Gasteiger partial charge is 0.244 e. The van der Waals surface area contributed by atoms with Crippen molar-refractivity contribution in [2.24, 2.45) is 11.8 Å². The lowest BCUT2D eigenvalue weighted by molar-refractivity contribution is -0.146. The number of likely N-dealkylation sites (tertiary alicyclic amines) is 1. The second-order valence-corrected chi connectivity index (χ2v) is 6.97. The number of rotatable bonds is 6. The number of amides is 4. The number of nitrogens with one attached hydrogen (secondary N) is 1. The molecule has 0 aromatic heterocycles. The van der Waals surface area contributed by atoms with Crippen molar-refractivity contribution < 1.29 is 28.0 Å². The average molecular weight is 405 g/mol. The van der Waals surface area contributed by atoms with Crippen molar-refractivity contribution >= 4 is 29.3 Å². The van der Waals surface area contributed by atoms with Gasteiger partial charge in [-0.25, -0.2) is 8.78 Å². The molecule has 2 atom stereocenters. The van der Waals surface area contributed by atoms with Crippen LogP contribution in [0.5, 0.6) is 0 Å². The van der Waals surface area contributed by atoms with E-state index in [2.05, 4.69) is 5.32 Å². The normalized spacial score (nSPS) is 20.6. The molecule has 1 aromatic rings. The Labute approximate surface area is 166 Å². The molecule has 7 nitrogen and oxygen atoms in total. The Kier molecular flexibility index (Phi) is 6.05. The standard InChI is InChI=1S/C20H21F2N3O4/c1-2-24(10-16(26)23-18-14(21)8-5-9-15(18)22)17(27)11-25-19(28)12-6-3-4-7-13(12)20(25)29/h3-5,8-9,12-13H,2,6-7,10-11H2,1H3,(H,23,26)/t12-,13-/m0/s1. The Morgan fingerprint density at radius 1 is 1.10 bits per heavy atom. The molecule has 0 saturated carbocycles. The Hall–Kier alpha value is -3.10. The fraction of sp³-hybridized carbons (Fsp3) is 0.400. The zero-order valence-corrected chi connectivity index (χ0v) is 15.9. The number of benzene rings is 1. The molecule has 0 unspecified atom stereocenters. The number of imide groups is 1. The molecule has 1 aliphatic carbocycles. The molecule has 29 heavy (non-hydrogen) atoms. The fourth-order valence-electron chi connectivity index (χ4n) is 3.61. The van der Waals surface area contributed by atoms with Crippen LogP contribution in [0.2, 0.25) is 0 Å². The van der Waals surface area contributed by atoms with E-state index < -0.39 is 54.1 Å².